The number of para-hydroxylation sites is 1. The lowest BCUT2D eigenvalue weighted by Gasteiger charge is -2.29. The summed E-state index contributed by atoms with van der Waals surface area (Å²) >= 11 is 1.65. The van der Waals surface area contributed by atoms with Crippen LogP contribution in [0.25, 0.3) is 0 Å². The smallest absolute Gasteiger partial charge is 0.338 e. The number of carbonyl (C=O) groups is 2. The Morgan fingerprint density at radius 2 is 1.92 bits per heavy atom. The maximum absolute atomic E-state index is 12.9. The van der Waals surface area contributed by atoms with Crippen molar-refractivity contribution in [2.75, 3.05) is 24.3 Å². The number of nitro groups is 1. The Labute approximate surface area is 147 Å². The van der Waals surface area contributed by atoms with Gasteiger partial charge in [-0.15, -0.1) is 11.8 Å². The van der Waals surface area contributed by atoms with E-state index >= 15 is 0 Å². The monoisotopic (exact) mass is 358 g/mol. The predicted molar refractivity (Wildman–Crippen MR) is 93.3 cm³/mol. The third kappa shape index (κ3) is 3.34. The van der Waals surface area contributed by atoms with Crippen LogP contribution in [0.3, 0.4) is 0 Å². The molecule has 2 aromatic carbocycles. The number of amides is 1. The van der Waals surface area contributed by atoms with Crippen LogP contribution in [0.1, 0.15) is 20.7 Å². The van der Waals surface area contributed by atoms with E-state index in [-0.39, 0.29) is 22.7 Å². The number of non-ortho nitro benzene ring substituents is 1. The van der Waals surface area contributed by atoms with Crippen LogP contribution in [0.2, 0.25) is 0 Å². The number of esters is 1. The number of hydrogen-bond donors (Lipinski definition) is 0. The summed E-state index contributed by atoms with van der Waals surface area (Å²) < 4.78 is 4.62. The Bertz CT molecular complexity index is 868. The molecule has 1 amide bonds. The Morgan fingerprint density at radius 1 is 1.20 bits per heavy atom. The molecule has 0 bridgehead atoms. The fraction of sp³-hybridized carbons (Fsp3) is 0.176. The number of nitrogens with zero attached hydrogens (tertiary/aromatic N) is 2. The van der Waals surface area contributed by atoms with E-state index in [1.807, 2.05) is 24.3 Å². The van der Waals surface area contributed by atoms with Gasteiger partial charge in [-0.05, 0) is 18.2 Å². The van der Waals surface area contributed by atoms with E-state index in [1.165, 1.54) is 19.2 Å². The second kappa shape index (κ2) is 6.94. The summed E-state index contributed by atoms with van der Waals surface area (Å²) in [6.45, 7) is 0.483. The fourth-order valence-corrected chi connectivity index (χ4v) is 3.61. The van der Waals surface area contributed by atoms with Crippen LogP contribution < -0.4 is 4.90 Å². The molecule has 0 aromatic heterocycles. The molecule has 128 valence electrons. The summed E-state index contributed by atoms with van der Waals surface area (Å²) in [6.07, 6.45) is 0. The highest BCUT2D eigenvalue weighted by atomic mass is 32.2. The van der Waals surface area contributed by atoms with Gasteiger partial charge in [-0.2, -0.15) is 0 Å². The van der Waals surface area contributed by atoms with Gasteiger partial charge in [-0.3, -0.25) is 14.9 Å². The number of ether oxygens (including phenoxy) is 1. The van der Waals surface area contributed by atoms with Gasteiger partial charge in [0, 0.05) is 34.9 Å². The van der Waals surface area contributed by atoms with Crippen molar-refractivity contribution >= 4 is 35.0 Å². The van der Waals surface area contributed by atoms with Crippen LogP contribution in [0.4, 0.5) is 11.4 Å². The lowest BCUT2D eigenvalue weighted by molar-refractivity contribution is -0.384. The number of benzene rings is 2. The number of anilines is 1. The van der Waals surface area contributed by atoms with Gasteiger partial charge < -0.3 is 9.64 Å². The number of rotatable bonds is 3. The van der Waals surface area contributed by atoms with Crippen molar-refractivity contribution in [2.24, 2.45) is 0 Å². The Kier molecular flexibility index (Phi) is 4.71. The largest absolute Gasteiger partial charge is 0.465 e. The molecule has 1 heterocycles. The first-order valence-electron chi connectivity index (χ1n) is 7.43. The average Bonchev–Trinajstić information content (AvgIpc) is 2.65. The lowest BCUT2D eigenvalue weighted by atomic mass is 10.1. The summed E-state index contributed by atoms with van der Waals surface area (Å²) in [6, 6.07) is 11.1. The summed E-state index contributed by atoms with van der Waals surface area (Å²) in [5, 5.41) is 11.1. The zero-order chi connectivity index (χ0) is 18.0. The molecule has 0 spiro atoms. The van der Waals surface area contributed by atoms with Crippen molar-refractivity contribution < 1.29 is 19.2 Å². The molecular formula is C17H14N2O5S. The molecule has 0 radical (unpaired) electrons. The molecule has 1 aliphatic rings. The van der Waals surface area contributed by atoms with Crippen molar-refractivity contribution in [1.29, 1.82) is 0 Å². The molecule has 8 heteroatoms. The van der Waals surface area contributed by atoms with Crippen molar-refractivity contribution in [3.8, 4) is 0 Å². The normalized spacial score (nSPS) is 13.1. The van der Waals surface area contributed by atoms with Crippen LogP contribution in [0, 0.1) is 10.1 Å². The molecule has 2 aromatic rings. The van der Waals surface area contributed by atoms with Crippen LogP contribution in [-0.4, -0.2) is 36.2 Å². The minimum Gasteiger partial charge on any atom is -0.465 e. The van der Waals surface area contributed by atoms with Gasteiger partial charge in [0.05, 0.1) is 23.3 Å². The van der Waals surface area contributed by atoms with E-state index < -0.39 is 10.9 Å². The lowest BCUT2D eigenvalue weighted by Crippen LogP contribution is -2.35. The van der Waals surface area contributed by atoms with E-state index in [0.29, 0.717) is 6.54 Å². The molecule has 3 rings (SSSR count). The molecule has 0 fully saturated rings. The first-order valence-corrected chi connectivity index (χ1v) is 8.41. The van der Waals surface area contributed by atoms with Crippen LogP contribution in [0.15, 0.2) is 47.4 Å². The Morgan fingerprint density at radius 3 is 2.64 bits per heavy atom. The first-order chi connectivity index (χ1) is 12.0. The third-order valence-corrected chi connectivity index (χ3v) is 4.81. The molecule has 0 aliphatic carbocycles. The molecule has 1 aliphatic heterocycles. The van der Waals surface area contributed by atoms with Gasteiger partial charge in [0.15, 0.2) is 0 Å². The van der Waals surface area contributed by atoms with Gasteiger partial charge in [-0.25, -0.2) is 4.79 Å². The molecule has 0 N–H and O–H groups in total. The number of carbonyl (C=O) groups excluding carboxylic acids is 2. The average molecular weight is 358 g/mol. The summed E-state index contributed by atoms with van der Waals surface area (Å²) in [5.41, 5.74) is 0.483. The molecular weight excluding hydrogens is 344 g/mol. The molecule has 0 atom stereocenters. The van der Waals surface area contributed by atoms with E-state index in [4.69, 9.17) is 0 Å². The summed E-state index contributed by atoms with van der Waals surface area (Å²) in [7, 11) is 1.18. The molecule has 0 saturated heterocycles. The fourth-order valence-electron chi connectivity index (χ4n) is 2.61. The number of hydrogen-bond acceptors (Lipinski definition) is 6. The highest BCUT2D eigenvalue weighted by molar-refractivity contribution is 7.99. The van der Waals surface area contributed by atoms with E-state index in [0.717, 1.165) is 22.4 Å². The van der Waals surface area contributed by atoms with Gasteiger partial charge in [0.1, 0.15) is 0 Å². The van der Waals surface area contributed by atoms with Crippen molar-refractivity contribution in [3.63, 3.8) is 0 Å². The van der Waals surface area contributed by atoms with Gasteiger partial charge in [0.2, 0.25) is 0 Å². The van der Waals surface area contributed by atoms with E-state index in [2.05, 4.69) is 4.74 Å². The number of nitro benzene ring substituents is 1. The van der Waals surface area contributed by atoms with E-state index in [9.17, 15) is 19.7 Å². The minimum absolute atomic E-state index is 0.0280. The summed E-state index contributed by atoms with van der Waals surface area (Å²) in [4.78, 5) is 37.8. The SMILES string of the molecule is COC(=O)c1cc(C(=O)N2CCSc3ccccc32)cc([N+](=O)[O-])c1. The van der Waals surface area contributed by atoms with Gasteiger partial charge in [-0.1, -0.05) is 12.1 Å². The molecule has 25 heavy (non-hydrogen) atoms. The zero-order valence-electron chi connectivity index (χ0n) is 13.3. The highest BCUT2D eigenvalue weighted by Gasteiger charge is 2.26. The molecule has 7 nitrogen and oxygen atoms in total. The second-order valence-electron chi connectivity index (χ2n) is 5.29. The van der Waals surface area contributed by atoms with Gasteiger partial charge >= 0.3 is 5.97 Å². The number of fused-ring (bicyclic) bond motifs is 1. The quantitative estimate of drug-likeness (QED) is 0.476. The topological polar surface area (TPSA) is 89.8 Å². The van der Waals surface area contributed by atoms with Crippen LogP contribution >= 0.6 is 11.8 Å². The van der Waals surface area contributed by atoms with E-state index in [1.54, 1.807) is 16.7 Å². The maximum atomic E-state index is 12.9. The van der Waals surface area contributed by atoms with Crippen molar-refractivity contribution in [1.82, 2.24) is 0 Å². The molecule has 0 unspecified atom stereocenters. The van der Waals surface area contributed by atoms with Crippen LogP contribution in [-0.2, 0) is 4.74 Å². The summed E-state index contributed by atoms with van der Waals surface area (Å²) in [5.74, 6) is -0.393. The second-order valence-corrected chi connectivity index (χ2v) is 6.43. The Hall–Kier alpha value is -2.87. The van der Waals surface area contributed by atoms with Crippen LogP contribution in [0.5, 0.6) is 0 Å². The third-order valence-electron chi connectivity index (χ3n) is 3.77. The highest BCUT2D eigenvalue weighted by Crippen LogP contribution is 2.35. The molecule has 0 saturated carbocycles. The minimum atomic E-state index is -0.729. The first kappa shape index (κ1) is 17.0. The Balaban J connectivity index is 2.04. The van der Waals surface area contributed by atoms with Gasteiger partial charge in [0.25, 0.3) is 11.6 Å². The van der Waals surface area contributed by atoms with Crippen molar-refractivity contribution in [2.45, 2.75) is 4.90 Å². The van der Waals surface area contributed by atoms with Crippen molar-refractivity contribution in [3.05, 3.63) is 63.7 Å². The predicted octanol–water partition coefficient (Wildman–Crippen LogP) is 3.13. The number of methoxy groups -OCH3 is 1. The maximum Gasteiger partial charge on any atom is 0.338 e. The zero-order valence-corrected chi connectivity index (χ0v) is 14.1. The standard InChI is InChI=1S/C17H14N2O5S/c1-24-17(21)12-8-11(9-13(10-12)19(22)23)16(20)18-6-7-25-15-5-3-2-4-14(15)18/h2-5,8-10H,6-7H2,1H3. The number of thioether (sulfide) groups is 1.